The Morgan fingerprint density at radius 3 is 2.70 bits per heavy atom. The van der Waals surface area contributed by atoms with E-state index >= 15 is 0 Å². The molecule has 0 N–H and O–H groups in total. The number of ether oxygens (including phenoxy) is 1. The van der Waals surface area contributed by atoms with Crippen LogP contribution < -0.4 is 0 Å². The Morgan fingerprint density at radius 1 is 1.30 bits per heavy atom. The lowest BCUT2D eigenvalue weighted by atomic mass is 10.2. The van der Waals surface area contributed by atoms with Crippen LogP contribution >= 0.6 is 11.8 Å². The predicted octanol–water partition coefficient (Wildman–Crippen LogP) is 3.51. The number of esters is 1. The third kappa shape index (κ3) is 3.53. The molecule has 100 valence electrons. The molecule has 0 aliphatic carbocycles. The number of hydrogen-bond acceptors (Lipinski definition) is 5. The Balaban J connectivity index is 2.15. The molecule has 20 heavy (non-hydrogen) atoms. The fraction of sp³-hybridized carbons (Fsp3) is 0.0667. The maximum Gasteiger partial charge on any atom is 0.348 e. The molecular weight excluding hydrogens is 274 g/mol. The lowest BCUT2D eigenvalue weighted by molar-refractivity contribution is -0.135. The van der Waals surface area contributed by atoms with Crippen molar-refractivity contribution in [2.75, 3.05) is 7.11 Å². The van der Waals surface area contributed by atoms with Crippen LogP contribution in [0.1, 0.15) is 5.76 Å². The molecule has 0 radical (unpaired) electrons. The van der Waals surface area contributed by atoms with Gasteiger partial charge in [0.1, 0.15) is 17.4 Å². The van der Waals surface area contributed by atoms with Gasteiger partial charge in [-0.3, -0.25) is 0 Å². The lowest BCUT2D eigenvalue weighted by Crippen LogP contribution is -2.02. The molecule has 4 nitrogen and oxygen atoms in total. The number of carbonyl (C=O) groups is 1. The summed E-state index contributed by atoms with van der Waals surface area (Å²) in [4.78, 5) is 12.3. The largest absolute Gasteiger partial charge is 0.465 e. The first-order chi connectivity index (χ1) is 9.72. The zero-order valence-corrected chi connectivity index (χ0v) is 11.5. The molecule has 1 aromatic carbocycles. The zero-order chi connectivity index (χ0) is 14.4. The van der Waals surface area contributed by atoms with Crippen molar-refractivity contribution >= 4 is 23.8 Å². The van der Waals surface area contributed by atoms with Crippen molar-refractivity contribution in [1.82, 2.24) is 0 Å². The zero-order valence-electron chi connectivity index (χ0n) is 10.7. The van der Waals surface area contributed by atoms with E-state index in [2.05, 4.69) is 4.74 Å². The molecule has 1 aromatic heterocycles. The molecule has 0 aliphatic heterocycles. The first-order valence-electron chi connectivity index (χ1n) is 5.76. The lowest BCUT2D eigenvalue weighted by Gasteiger charge is -1.96. The Labute approximate surface area is 120 Å². The van der Waals surface area contributed by atoms with Gasteiger partial charge < -0.3 is 9.15 Å². The molecule has 0 aliphatic rings. The average molecular weight is 285 g/mol. The van der Waals surface area contributed by atoms with Gasteiger partial charge in [0.05, 0.1) is 7.11 Å². The van der Waals surface area contributed by atoms with Gasteiger partial charge in [0.25, 0.3) is 0 Å². The topological polar surface area (TPSA) is 63.2 Å². The second kappa shape index (κ2) is 6.64. The predicted molar refractivity (Wildman–Crippen MR) is 74.9 cm³/mol. The van der Waals surface area contributed by atoms with Gasteiger partial charge in [-0.2, -0.15) is 5.26 Å². The van der Waals surface area contributed by atoms with Gasteiger partial charge in [-0.15, -0.1) is 0 Å². The quantitative estimate of drug-likeness (QED) is 0.488. The highest BCUT2D eigenvalue weighted by Crippen LogP contribution is 2.29. The highest BCUT2D eigenvalue weighted by molar-refractivity contribution is 7.99. The van der Waals surface area contributed by atoms with E-state index in [1.165, 1.54) is 24.9 Å². The molecular formula is C15H11NO3S. The number of nitrogens with zero attached hydrogens (tertiary/aromatic N) is 1. The second-order valence-corrected chi connectivity index (χ2v) is 4.81. The van der Waals surface area contributed by atoms with E-state index in [1.807, 2.05) is 30.3 Å². The van der Waals surface area contributed by atoms with E-state index in [0.717, 1.165) is 4.90 Å². The van der Waals surface area contributed by atoms with Crippen molar-refractivity contribution in [3.8, 4) is 6.07 Å². The summed E-state index contributed by atoms with van der Waals surface area (Å²) >= 11 is 1.46. The second-order valence-electron chi connectivity index (χ2n) is 3.73. The molecule has 2 aromatic rings. The van der Waals surface area contributed by atoms with Crippen LogP contribution in [0.5, 0.6) is 0 Å². The van der Waals surface area contributed by atoms with Gasteiger partial charge >= 0.3 is 5.97 Å². The highest BCUT2D eigenvalue weighted by Gasteiger charge is 2.10. The number of benzene rings is 1. The molecule has 0 bridgehead atoms. The summed E-state index contributed by atoms with van der Waals surface area (Å²) in [5.41, 5.74) is -0.0990. The first kappa shape index (κ1) is 14.0. The van der Waals surface area contributed by atoms with Crippen LogP contribution in [0, 0.1) is 11.3 Å². The van der Waals surface area contributed by atoms with Crippen molar-refractivity contribution < 1.29 is 13.9 Å². The summed E-state index contributed by atoms with van der Waals surface area (Å²) in [6.07, 6.45) is 1.36. The standard InChI is InChI=1S/C15H11NO3S/c1-18-15(17)11(10-16)9-12-7-8-14(19-12)20-13-5-3-2-4-6-13/h2-9H,1H3. The monoisotopic (exact) mass is 285 g/mol. The average Bonchev–Trinajstić information content (AvgIpc) is 2.92. The van der Waals surface area contributed by atoms with Crippen LogP contribution in [0.4, 0.5) is 0 Å². The maximum absolute atomic E-state index is 11.3. The van der Waals surface area contributed by atoms with Crippen LogP contribution in [0.15, 0.2) is 62.4 Å². The molecule has 0 unspecified atom stereocenters. The third-order valence-corrected chi connectivity index (χ3v) is 3.30. The van der Waals surface area contributed by atoms with Crippen molar-refractivity contribution in [3.05, 3.63) is 53.8 Å². The molecule has 0 atom stereocenters. The summed E-state index contributed by atoms with van der Waals surface area (Å²) in [5, 5.41) is 9.55. The number of carbonyl (C=O) groups excluding carboxylic acids is 1. The number of furan rings is 1. The summed E-state index contributed by atoms with van der Waals surface area (Å²) in [5.74, 6) is -0.244. The molecule has 0 saturated carbocycles. The Bertz CT molecular complexity index is 668. The van der Waals surface area contributed by atoms with E-state index in [-0.39, 0.29) is 5.57 Å². The molecule has 5 heteroatoms. The van der Waals surface area contributed by atoms with E-state index in [9.17, 15) is 4.79 Å². The molecule has 0 saturated heterocycles. The summed E-state index contributed by atoms with van der Waals surface area (Å²) < 4.78 is 10.0. The fourth-order valence-corrected chi connectivity index (χ4v) is 2.26. The molecule has 2 rings (SSSR count). The maximum atomic E-state index is 11.3. The van der Waals surface area contributed by atoms with Crippen LogP contribution in [0.3, 0.4) is 0 Å². The number of hydrogen-bond donors (Lipinski definition) is 0. The minimum absolute atomic E-state index is 0.0990. The van der Waals surface area contributed by atoms with E-state index in [0.29, 0.717) is 10.9 Å². The number of rotatable bonds is 4. The summed E-state index contributed by atoms with van der Waals surface area (Å²) in [7, 11) is 1.23. The minimum Gasteiger partial charge on any atom is -0.465 e. The van der Waals surface area contributed by atoms with Crippen LogP contribution in [-0.4, -0.2) is 13.1 Å². The molecule has 0 fully saturated rings. The number of methoxy groups -OCH3 is 1. The normalized spacial score (nSPS) is 10.9. The van der Waals surface area contributed by atoms with Crippen molar-refractivity contribution in [2.45, 2.75) is 9.99 Å². The molecule has 0 amide bonds. The van der Waals surface area contributed by atoms with Gasteiger partial charge in [-0.25, -0.2) is 4.79 Å². The van der Waals surface area contributed by atoms with Crippen LogP contribution in [-0.2, 0) is 9.53 Å². The fourth-order valence-electron chi connectivity index (χ4n) is 1.46. The van der Waals surface area contributed by atoms with Crippen LogP contribution in [0.25, 0.3) is 6.08 Å². The van der Waals surface area contributed by atoms with Crippen LogP contribution in [0.2, 0.25) is 0 Å². The smallest absolute Gasteiger partial charge is 0.348 e. The number of nitriles is 1. The SMILES string of the molecule is COC(=O)C(C#N)=Cc1ccc(Sc2ccccc2)o1. The summed E-state index contributed by atoms with van der Waals surface area (Å²) in [6.45, 7) is 0. The van der Waals surface area contributed by atoms with E-state index in [4.69, 9.17) is 9.68 Å². The molecule has 1 heterocycles. The van der Waals surface area contributed by atoms with E-state index < -0.39 is 5.97 Å². The van der Waals surface area contributed by atoms with Crippen molar-refractivity contribution in [1.29, 1.82) is 5.26 Å². The van der Waals surface area contributed by atoms with Gasteiger partial charge in [-0.05, 0) is 24.3 Å². The van der Waals surface area contributed by atoms with Crippen molar-refractivity contribution in [3.63, 3.8) is 0 Å². The third-order valence-electron chi connectivity index (χ3n) is 2.38. The van der Waals surface area contributed by atoms with E-state index in [1.54, 1.807) is 18.2 Å². The molecule has 0 spiro atoms. The Kier molecular flexibility index (Phi) is 4.64. The Hall–Kier alpha value is -2.45. The van der Waals surface area contributed by atoms with Gasteiger partial charge in [0.2, 0.25) is 0 Å². The van der Waals surface area contributed by atoms with Gasteiger partial charge in [0.15, 0.2) is 5.09 Å². The van der Waals surface area contributed by atoms with Gasteiger partial charge in [0, 0.05) is 11.0 Å². The highest BCUT2D eigenvalue weighted by atomic mass is 32.2. The first-order valence-corrected chi connectivity index (χ1v) is 6.57. The van der Waals surface area contributed by atoms with Gasteiger partial charge in [-0.1, -0.05) is 30.0 Å². The summed E-state index contributed by atoms with van der Waals surface area (Å²) in [6, 6.07) is 15.0. The Morgan fingerprint density at radius 2 is 2.05 bits per heavy atom. The van der Waals surface area contributed by atoms with Crippen molar-refractivity contribution in [2.24, 2.45) is 0 Å². The minimum atomic E-state index is -0.679.